The molecule has 0 radical (unpaired) electrons. The van der Waals surface area contributed by atoms with Crippen molar-refractivity contribution in [1.82, 2.24) is 10.3 Å². The first-order chi connectivity index (χ1) is 9.70. The van der Waals surface area contributed by atoms with E-state index in [-0.39, 0.29) is 0 Å². The lowest BCUT2D eigenvalue weighted by atomic mass is 10.2. The van der Waals surface area contributed by atoms with Gasteiger partial charge in [0.05, 0.1) is 6.20 Å². The molecule has 1 aromatic heterocycles. The molecule has 0 amide bonds. The van der Waals surface area contributed by atoms with Crippen molar-refractivity contribution in [3.05, 3.63) is 51.7 Å². The zero-order valence-electron chi connectivity index (χ0n) is 11.2. The van der Waals surface area contributed by atoms with E-state index < -0.39 is 0 Å². The molecule has 0 bridgehead atoms. The van der Waals surface area contributed by atoms with Crippen molar-refractivity contribution in [2.75, 3.05) is 6.54 Å². The molecule has 0 unspecified atom stereocenters. The lowest BCUT2D eigenvalue weighted by Crippen LogP contribution is -2.14. The minimum Gasteiger partial charge on any atom is -0.455 e. The van der Waals surface area contributed by atoms with Crippen LogP contribution in [0.15, 0.2) is 41.1 Å². The number of halogens is 2. The summed E-state index contributed by atoms with van der Waals surface area (Å²) in [6.45, 7) is 3.76. The number of nitrogens with one attached hydrogen (secondary N) is 1. The average molecular weight is 356 g/mol. The monoisotopic (exact) mass is 354 g/mol. The van der Waals surface area contributed by atoms with Gasteiger partial charge >= 0.3 is 0 Å². The third-order valence-corrected chi connectivity index (χ3v) is 3.50. The summed E-state index contributed by atoms with van der Waals surface area (Å²) in [5.74, 6) is 1.43. The van der Waals surface area contributed by atoms with Gasteiger partial charge in [-0.3, -0.25) is 4.98 Å². The highest BCUT2D eigenvalue weighted by molar-refractivity contribution is 9.10. The Morgan fingerprint density at radius 1 is 1.35 bits per heavy atom. The van der Waals surface area contributed by atoms with Gasteiger partial charge in [0.1, 0.15) is 11.5 Å². The highest BCUT2D eigenvalue weighted by Gasteiger charge is 2.09. The maximum absolute atomic E-state index is 6.26. The predicted molar refractivity (Wildman–Crippen MR) is 85.5 cm³/mol. The molecule has 0 aliphatic rings. The number of aromatic nitrogens is 1. The smallest absolute Gasteiger partial charge is 0.146 e. The number of nitrogens with zero attached hydrogens (tertiary/aromatic N) is 1. The summed E-state index contributed by atoms with van der Waals surface area (Å²) in [5, 5.41) is 4.04. The van der Waals surface area contributed by atoms with Gasteiger partial charge in [0.2, 0.25) is 0 Å². The summed E-state index contributed by atoms with van der Waals surface area (Å²) in [7, 11) is 0. The third kappa shape index (κ3) is 4.20. The minimum absolute atomic E-state index is 0.679. The van der Waals surface area contributed by atoms with Crippen LogP contribution in [0.5, 0.6) is 11.5 Å². The third-order valence-electron chi connectivity index (χ3n) is 2.71. The van der Waals surface area contributed by atoms with Gasteiger partial charge in [-0.15, -0.1) is 0 Å². The maximum Gasteiger partial charge on any atom is 0.146 e. The summed E-state index contributed by atoms with van der Waals surface area (Å²) in [5.41, 5.74) is 0.961. The summed E-state index contributed by atoms with van der Waals surface area (Å²) >= 11 is 9.64. The zero-order valence-corrected chi connectivity index (χ0v) is 13.5. The molecule has 0 aliphatic heterocycles. The molecular weight excluding hydrogens is 340 g/mol. The van der Waals surface area contributed by atoms with E-state index in [1.807, 2.05) is 24.3 Å². The van der Waals surface area contributed by atoms with Crippen molar-refractivity contribution in [2.24, 2.45) is 0 Å². The maximum atomic E-state index is 6.26. The van der Waals surface area contributed by atoms with E-state index in [0.29, 0.717) is 17.3 Å². The van der Waals surface area contributed by atoms with Crippen LogP contribution < -0.4 is 10.1 Å². The minimum atomic E-state index is 0.679. The van der Waals surface area contributed by atoms with Crippen molar-refractivity contribution in [2.45, 2.75) is 19.9 Å². The number of hydrogen-bond donors (Lipinski definition) is 1. The molecule has 0 saturated carbocycles. The molecule has 1 heterocycles. The van der Waals surface area contributed by atoms with Crippen LogP contribution in [-0.4, -0.2) is 11.5 Å². The fourth-order valence-corrected chi connectivity index (χ4v) is 2.35. The van der Waals surface area contributed by atoms with Crippen molar-refractivity contribution in [3.8, 4) is 11.5 Å². The molecule has 1 aromatic carbocycles. The van der Waals surface area contributed by atoms with E-state index in [1.54, 1.807) is 12.4 Å². The molecule has 0 saturated heterocycles. The molecule has 0 spiro atoms. The van der Waals surface area contributed by atoms with Gasteiger partial charge in [-0.05, 0) is 47.1 Å². The molecule has 1 N–H and O–H groups in total. The second-order valence-corrected chi connectivity index (χ2v) is 5.66. The Hall–Kier alpha value is -1.10. The van der Waals surface area contributed by atoms with E-state index in [1.165, 1.54) is 0 Å². The van der Waals surface area contributed by atoms with Gasteiger partial charge in [0.25, 0.3) is 0 Å². The summed E-state index contributed by atoms with van der Waals surface area (Å²) in [6, 6.07) is 7.54. The van der Waals surface area contributed by atoms with Crippen LogP contribution >= 0.6 is 27.5 Å². The molecule has 2 aromatic rings. The van der Waals surface area contributed by atoms with Gasteiger partial charge in [-0.1, -0.05) is 24.6 Å². The van der Waals surface area contributed by atoms with E-state index in [4.69, 9.17) is 16.3 Å². The number of pyridine rings is 1. The van der Waals surface area contributed by atoms with Gasteiger partial charge in [-0.2, -0.15) is 0 Å². The van der Waals surface area contributed by atoms with Crippen LogP contribution in [0.4, 0.5) is 0 Å². The number of ether oxygens (including phenoxy) is 1. The average Bonchev–Trinajstić information content (AvgIpc) is 2.42. The van der Waals surface area contributed by atoms with E-state index >= 15 is 0 Å². The predicted octanol–water partition coefficient (Wildman–Crippen LogP) is 4.79. The standard InChI is InChI=1S/C15H16BrClN2O/c1-2-6-18-10-13-14(17)4-3-5-15(13)20-12-7-11(16)8-19-9-12/h3-5,7-9,18H,2,6,10H2,1H3. The molecule has 0 aliphatic carbocycles. The second kappa shape index (κ2) is 7.62. The van der Waals surface area contributed by atoms with Crippen LogP contribution in [0.1, 0.15) is 18.9 Å². The molecule has 3 nitrogen and oxygen atoms in total. The SMILES string of the molecule is CCCNCc1c(Cl)cccc1Oc1cncc(Br)c1. The second-order valence-electron chi connectivity index (χ2n) is 4.33. The topological polar surface area (TPSA) is 34.1 Å². The van der Waals surface area contributed by atoms with Crippen molar-refractivity contribution in [1.29, 1.82) is 0 Å². The summed E-state index contributed by atoms with van der Waals surface area (Å²) in [4.78, 5) is 4.09. The van der Waals surface area contributed by atoms with Gasteiger partial charge < -0.3 is 10.1 Å². The highest BCUT2D eigenvalue weighted by Crippen LogP contribution is 2.30. The first-order valence-electron chi connectivity index (χ1n) is 6.47. The molecule has 2 rings (SSSR count). The lowest BCUT2D eigenvalue weighted by Gasteiger charge is -2.13. The summed E-state index contributed by atoms with van der Waals surface area (Å²) in [6.07, 6.45) is 4.47. The van der Waals surface area contributed by atoms with E-state index in [0.717, 1.165) is 28.8 Å². The van der Waals surface area contributed by atoms with Crippen LogP contribution in [0.2, 0.25) is 5.02 Å². The van der Waals surface area contributed by atoms with Crippen molar-refractivity contribution < 1.29 is 4.74 Å². The van der Waals surface area contributed by atoms with Gasteiger partial charge in [-0.25, -0.2) is 0 Å². The van der Waals surface area contributed by atoms with Gasteiger partial charge in [0, 0.05) is 27.8 Å². The lowest BCUT2D eigenvalue weighted by molar-refractivity contribution is 0.470. The van der Waals surface area contributed by atoms with E-state index in [2.05, 4.69) is 33.2 Å². The fraction of sp³-hybridized carbons (Fsp3) is 0.267. The molecule has 5 heteroatoms. The number of rotatable bonds is 6. The molecule has 106 valence electrons. The number of benzene rings is 1. The van der Waals surface area contributed by atoms with Crippen LogP contribution in [0, 0.1) is 0 Å². The normalized spacial score (nSPS) is 10.6. The number of hydrogen-bond acceptors (Lipinski definition) is 3. The Kier molecular flexibility index (Phi) is 5.83. The van der Waals surface area contributed by atoms with Crippen LogP contribution in [0.3, 0.4) is 0 Å². The summed E-state index contributed by atoms with van der Waals surface area (Å²) < 4.78 is 6.76. The molecule has 20 heavy (non-hydrogen) atoms. The Balaban J connectivity index is 2.20. The Morgan fingerprint density at radius 2 is 2.20 bits per heavy atom. The Labute approximate surface area is 132 Å². The quantitative estimate of drug-likeness (QED) is 0.757. The molecule has 0 fully saturated rings. The first kappa shape index (κ1) is 15.3. The zero-order chi connectivity index (χ0) is 14.4. The van der Waals surface area contributed by atoms with Crippen LogP contribution in [0.25, 0.3) is 0 Å². The molecular formula is C15H16BrClN2O. The highest BCUT2D eigenvalue weighted by atomic mass is 79.9. The Bertz CT molecular complexity index is 578. The largest absolute Gasteiger partial charge is 0.455 e. The van der Waals surface area contributed by atoms with Crippen molar-refractivity contribution in [3.63, 3.8) is 0 Å². The Morgan fingerprint density at radius 3 is 2.95 bits per heavy atom. The van der Waals surface area contributed by atoms with Crippen LogP contribution in [-0.2, 0) is 6.54 Å². The van der Waals surface area contributed by atoms with E-state index in [9.17, 15) is 0 Å². The molecule has 0 atom stereocenters. The van der Waals surface area contributed by atoms with Gasteiger partial charge in [0.15, 0.2) is 0 Å². The first-order valence-corrected chi connectivity index (χ1v) is 7.64. The van der Waals surface area contributed by atoms with Crippen molar-refractivity contribution >= 4 is 27.5 Å². The fourth-order valence-electron chi connectivity index (χ4n) is 1.77.